The van der Waals surface area contributed by atoms with Crippen LogP contribution in [-0.4, -0.2) is 28.9 Å². The number of rotatable bonds is 5. The number of fused-ring (bicyclic) bond motifs is 12. The Balaban J connectivity index is 0.992. The standard InChI is InChI=1S/C52H32N6/c1-3-13-35(14-4-1)49-54-50(36-15-5-2-6-16-36)56-51(55-49)37-25-23-33(24-26-37)34-27-29-38(30-28-34)57-44-20-10-8-18-40(44)42-32-31-41-39-17-7-11-21-45(39)58-46-22-12-9-19-43(46)53-52(58)47(41)48(42)57/h1-32H. The fourth-order valence-corrected chi connectivity index (χ4v) is 8.66. The van der Waals surface area contributed by atoms with Gasteiger partial charge in [-0.1, -0.05) is 158 Å². The van der Waals surface area contributed by atoms with E-state index in [2.05, 4.69) is 142 Å². The SMILES string of the molecule is c1ccc(-c2nc(-c3ccccc3)nc(-c3ccc(-c4ccc(-n5c6ccccc6c6ccc7c8ccccc8n8c9ccccc9nc8c7c65)cc4)cc3)n2)cc1. The molecule has 8 aromatic carbocycles. The van der Waals surface area contributed by atoms with Gasteiger partial charge in [0.05, 0.1) is 33.0 Å². The summed E-state index contributed by atoms with van der Waals surface area (Å²) in [6, 6.07) is 68.0. The minimum Gasteiger partial charge on any atom is -0.308 e. The van der Waals surface area contributed by atoms with Gasteiger partial charge >= 0.3 is 0 Å². The lowest BCUT2D eigenvalue weighted by Crippen LogP contribution is -2.00. The molecule has 4 aromatic heterocycles. The van der Waals surface area contributed by atoms with E-state index < -0.39 is 0 Å². The van der Waals surface area contributed by atoms with Crippen molar-refractivity contribution in [2.75, 3.05) is 0 Å². The van der Waals surface area contributed by atoms with E-state index in [0.717, 1.165) is 72.1 Å². The number of aromatic nitrogens is 6. The summed E-state index contributed by atoms with van der Waals surface area (Å²) in [4.78, 5) is 20.0. The van der Waals surface area contributed by atoms with Gasteiger partial charge in [0.15, 0.2) is 17.5 Å². The largest absolute Gasteiger partial charge is 0.308 e. The predicted octanol–water partition coefficient (Wildman–Crippen LogP) is 12.7. The molecule has 0 bridgehead atoms. The van der Waals surface area contributed by atoms with E-state index in [1.165, 1.54) is 21.5 Å². The molecule has 0 aliphatic carbocycles. The molecule has 6 heteroatoms. The Morgan fingerprint density at radius 3 is 1.41 bits per heavy atom. The van der Waals surface area contributed by atoms with Gasteiger partial charge < -0.3 is 4.57 Å². The first-order valence-electron chi connectivity index (χ1n) is 19.5. The zero-order chi connectivity index (χ0) is 38.2. The number of pyridine rings is 1. The van der Waals surface area contributed by atoms with Gasteiger partial charge in [0.1, 0.15) is 5.65 Å². The maximum atomic E-state index is 5.31. The van der Waals surface area contributed by atoms with Gasteiger partial charge in [0, 0.05) is 38.5 Å². The zero-order valence-electron chi connectivity index (χ0n) is 31.2. The van der Waals surface area contributed by atoms with E-state index >= 15 is 0 Å². The quantitative estimate of drug-likeness (QED) is 0.165. The van der Waals surface area contributed by atoms with Crippen molar-refractivity contribution in [3.63, 3.8) is 0 Å². The molecule has 0 radical (unpaired) electrons. The Labute approximate surface area is 333 Å². The first-order valence-corrected chi connectivity index (χ1v) is 19.5. The number of benzene rings is 8. The van der Waals surface area contributed by atoms with Crippen LogP contribution in [0.15, 0.2) is 194 Å². The van der Waals surface area contributed by atoms with Crippen LogP contribution in [0.3, 0.4) is 0 Å². The van der Waals surface area contributed by atoms with E-state index in [9.17, 15) is 0 Å². The van der Waals surface area contributed by atoms with Crippen LogP contribution in [0.5, 0.6) is 0 Å². The summed E-state index contributed by atoms with van der Waals surface area (Å²) in [6.07, 6.45) is 0. The van der Waals surface area contributed by atoms with Gasteiger partial charge in [0.2, 0.25) is 0 Å². The minimum atomic E-state index is 0.639. The van der Waals surface area contributed by atoms with E-state index in [1.807, 2.05) is 60.7 Å². The Bertz CT molecular complexity index is 3470. The van der Waals surface area contributed by atoms with Gasteiger partial charge in [-0.3, -0.25) is 4.40 Å². The minimum absolute atomic E-state index is 0.639. The molecule has 4 heterocycles. The molecule has 58 heavy (non-hydrogen) atoms. The second-order valence-electron chi connectivity index (χ2n) is 14.7. The third-order valence-corrected chi connectivity index (χ3v) is 11.4. The molecule has 0 saturated heterocycles. The fraction of sp³-hybridized carbons (Fsp3) is 0. The van der Waals surface area contributed by atoms with E-state index in [1.54, 1.807) is 0 Å². The average Bonchev–Trinajstić information content (AvgIpc) is 3.86. The van der Waals surface area contributed by atoms with Crippen molar-refractivity contribution in [3.05, 3.63) is 194 Å². The second-order valence-corrected chi connectivity index (χ2v) is 14.7. The topological polar surface area (TPSA) is 60.9 Å². The van der Waals surface area contributed by atoms with Crippen LogP contribution in [0.4, 0.5) is 0 Å². The maximum Gasteiger partial charge on any atom is 0.164 e. The molecule has 0 amide bonds. The van der Waals surface area contributed by atoms with Crippen LogP contribution < -0.4 is 0 Å². The maximum absolute atomic E-state index is 5.31. The van der Waals surface area contributed by atoms with Crippen LogP contribution in [0.2, 0.25) is 0 Å². The van der Waals surface area contributed by atoms with Gasteiger partial charge in [-0.15, -0.1) is 0 Å². The Hall–Kier alpha value is -7.96. The molecular weight excluding hydrogens is 709 g/mol. The summed E-state index contributed by atoms with van der Waals surface area (Å²) in [7, 11) is 0. The molecule has 0 aliphatic rings. The molecule has 12 aromatic rings. The molecule has 0 unspecified atom stereocenters. The third kappa shape index (κ3) is 4.98. The number of nitrogens with zero attached hydrogens (tertiary/aromatic N) is 6. The van der Waals surface area contributed by atoms with Crippen molar-refractivity contribution >= 4 is 60.2 Å². The van der Waals surface area contributed by atoms with E-state index in [4.69, 9.17) is 19.9 Å². The highest BCUT2D eigenvalue weighted by Gasteiger charge is 2.21. The second kappa shape index (κ2) is 12.8. The van der Waals surface area contributed by atoms with Crippen molar-refractivity contribution in [2.45, 2.75) is 0 Å². The van der Waals surface area contributed by atoms with Crippen LogP contribution in [0.1, 0.15) is 0 Å². The van der Waals surface area contributed by atoms with Gasteiger partial charge in [-0.2, -0.15) is 0 Å². The number of hydrogen-bond acceptors (Lipinski definition) is 4. The molecule has 0 saturated carbocycles. The normalized spacial score (nSPS) is 11.8. The highest BCUT2D eigenvalue weighted by Crippen LogP contribution is 2.42. The molecule has 0 fully saturated rings. The van der Waals surface area contributed by atoms with Gasteiger partial charge in [0.25, 0.3) is 0 Å². The summed E-state index contributed by atoms with van der Waals surface area (Å²) in [5, 5.41) is 5.96. The molecule has 0 N–H and O–H groups in total. The number of para-hydroxylation sites is 4. The lowest BCUT2D eigenvalue weighted by Gasteiger charge is -2.14. The van der Waals surface area contributed by atoms with Gasteiger partial charge in [-0.25, -0.2) is 19.9 Å². The first kappa shape index (κ1) is 32.3. The van der Waals surface area contributed by atoms with Crippen LogP contribution in [0, 0.1) is 0 Å². The zero-order valence-corrected chi connectivity index (χ0v) is 31.2. The molecule has 6 nitrogen and oxygen atoms in total. The van der Waals surface area contributed by atoms with Crippen molar-refractivity contribution in [3.8, 4) is 51.0 Å². The highest BCUT2D eigenvalue weighted by atomic mass is 15.0. The lowest BCUT2D eigenvalue weighted by molar-refractivity contribution is 1.07. The monoisotopic (exact) mass is 740 g/mol. The van der Waals surface area contributed by atoms with Gasteiger partial charge in [-0.05, 0) is 52.9 Å². The van der Waals surface area contributed by atoms with Crippen molar-refractivity contribution in [2.24, 2.45) is 0 Å². The number of hydrogen-bond donors (Lipinski definition) is 0. The lowest BCUT2D eigenvalue weighted by atomic mass is 10.0. The van der Waals surface area contributed by atoms with E-state index in [0.29, 0.717) is 17.5 Å². The van der Waals surface area contributed by atoms with Crippen molar-refractivity contribution in [1.29, 1.82) is 0 Å². The summed E-state index contributed by atoms with van der Waals surface area (Å²) < 4.78 is 4.76. The van der Waals surface area contributed by atoms with Crippen molar-refractivity contribution < 1.29 is 0 Å². The molecule has 0 spiro atoms. The number of imidazole rings is 1. The summed E-state index contributed by atoms with van der Waals surface area (Å²) in [6.45, 7) is 0. The molecule has 270 valence electrons. The first-order chi connectivity index (χ1) is 28.8. The summed E-state index contributed by atoms with van der Waals surface area (Å²) in [5.41, 5.74) is 12.7. The van der Waals surface area contributed by atoms with Crippen LogP contribution in [-0.2, 0) is 0 Å². The Kier molecular flexibility index (Phi) is 7.13. The Morgan fingerprint density at radius 2 is 0.776 bits per heavy atom. The Morgan fingerprint density at radius 1 is 0.310 bits per heavy atom. The highest BCUT2D eigenvalue weighted by molar-refractivity contribution is 6.27. The summed E-state index contributed by atoms with van der Waals surface area (Å²) in [5.74, 6) is 1.94. The fourth-order valence-electron chi connectivity index (χ4n) is 8.66. The predicted molar refractivity (Wildman–Crippen MR) is 237 cm³/mol. The van der Waals surface area contributed by atoms with E-state index in [-0.39, 0.29) is 0 Å². The van der Waals surface area contributed by atoms with Crippen molar-refractivity contribution in [1.82, 2.24) is 28.9 Å². The third-order valence-electron chi connectivity index (χ3n) is 11.4. The molecular formula is C52H32N6. The molecule has 12 rings (SSSR count). The molecule has 0 atom stereocenters. The summed E-state index contributed by atoms with van der Waals surface area (Å²) >= 11 is 0. The van der Waals surface area contributed by atoms with Crippen LogP contribution in [0.25, 0.3) is 111 Å². The average molecular weight is 741 g/mol. The molecule has 0 aliphatic heterocycles. The smallest absolute Gasteiger partial charge is 0.164 e. The van der Waals surface area contributed by atoms with Crippen LogP contribution >= 0.6 is 0 Å².